The molecule has 0 bridgehead atoms. The lowest BCUT2D eigenvalue weighted by Crippen LogP contribution is -2.38. The Labute approximate surface area is 225 Å². The van der Waals surface area contributed by atoms with Crippen molar-refractivity contribution in [2.45, 2.75) is 19.4 Å². The summed E-state index contributed by atoms with van der Waals surface area (Å²) in [4.78, 5) is 28.9. The van der Waals surface area contributed by atoms with Gasteiger partial charge in [0.05, 0.1) is 18.8 Å². The molecule has 38 heavy (non-hydrogen) atoms. The van der Waals surface area contributed by atoms with Gasteiger partial charge in [-0.25, -0.2) is 10.8 Å². The highest BCUT2D eigenvalue weighted by atomic mass is 35.5. The maximum absolute atomic E-state index is 12.4. The van der Waals surface area contributed by atoms with Crippen LogP contribution in [0.15, 0.2) is 78.8 Å². The van der Waals surface area contributed by atoms with E-state index >= 15 is 0 Å². The minimum Gasteiger partial charge on any atom is -0.456 e. The van der Waals surface area contributed by atoms with Crippen LogP contribution < -0.4 is 26.9 Å². The van der Waals surface area contributed by atoms with E-state index in [1.807, 2.05) is 25.1 Å². The van der Waals surface area contributed by atoms with Gasteiger partial charge in [-0.2, -0.15) is 5.26 Å². The highest BCUT2D eigenvalue weighted by Gasteiger charge is 2.16. The Morgan fingerprint density at radius 2 is 1.82 bits per heavy atom. The van der Waals surface area contributed by atoms with Gasteiger partial charge in [0.15, 0.2) is 0 Å². The van der Waals surface area contributed by atoms with Crippen LogP contribution in [-0.4, -0.2) is 34.9 Å². The second-order valence-corrected chi connectivity index (χ2v) is 8.58. The number of nitriles is 1. The van der Waals surface area contributed by atoms with Gasteiger partial charge in [-0.3, -0.25) is 9.59 Å². The van der Waals surface area contributed by atoms with Gasteiger partial charge < -0.3 is 26.1 Å². The molecule has 0 saturated heterocycles. The lowest BCUT2D eigenvalue weighted by atomic mass is 10.0. The van der Waals surface area contributed by atoms with Gasteiger partial charge in [0, 0.05) is 17.8 Å². The summed E-state index contributed by atoms with van der Waals surface area (Å²) in [7, 11) is 0. The number of rotatable bonds is 11. The summed E-state index contributed by atoms with van der Waals surface area (Å²) in [5.41, 5.74) is 7.64. The largest absolute Gasteiger partial charge is 0.456 e. The Balaban J connectivity index is 1.45. The van der Waals surface area contributed by atoms with Gasteiger partial charge >= 0.3 is 0 Å². The van der Waals surface area contributed by atoms with Crippen LogP contribution in [0, 0.1) is 11.3 Å². The number of halogens is 1. The third-order valence-electron chi connectivity index (χ3n) is 5.37. The van der Waals surface area contributed by atoms with Crippen LogP contribution >= 0.6 is 11.6 Å². The molecule has 3 aromatic rings. The average molecular weight is 534 g/mol. The molecule has 1 heterocycles. The molecule has 11 heteroatoms. The number of aromatic nitrogens is 1. The predicted octanol–water partition coefficient (Wildman–Crippen LogP) is 3.18. The van der Waals surface area contributed by atoms with Gasteiger partial charge in [0.25, 0.3) is 11.8 Å². The van der Waals surface area contributed by atoms with E-state index in [0.717, 1.165) is 12.0 Å². The maximum Gasteiger partial charge on any atom is 0.270 e. The van der Waals surface area contributed by atoms with E-state index in [1.54, 1.807) is 42.5 Å². The van der Waals surface area contributed by atoms with Crippen LogP contribution in [0.4, 0.5) is 0 Å². The summed E-state index contributed by atoms with van der Waals surface area (Å²) in [6, 6.07) is 18.6. The zero-order valence-corrected chi connectivity index (χ0v) is 21.5. The molecule has 1 atom stereocenters. The first-order valence-electron chi connectivity index (χ1n) is 11.7. The number of nitrogens with zero attached hydrogens (tertiary/aromatic N) is 3. The summed E-state index contributed by atoms with van der Waals surface area (Å²) in [5.74, 6) is 5.90. The van der Waals surface area contributed by atoms with Crippen LogP contribution in [0.1, 0.15) is 34.6 Å². The third-order valence-corrected chi connectivity index (χ3v) is 5.62. The van der Waals surface area contributed by atoms with Crippen LogP contribution in [0.3, 0.4) is 0 Å². The lowest BCUT2D eigenvalue weighted by Gasteiger charge is -2.16. The van der Waals surface area contributed by atoms with E-state index in [4.69, 9.17) is 27.9 Å². The van der Waals surface area contributed by atoms with Crippen molar-refractivity contribution >= 4 is 23.4 Å². The van der Waals surface area contributed by atoms with Crippen molar-refractivity contribution in [2.75, 3.05) is 13.1 Å². The second-order valence-electron chi connectivity index (χ2n) is 8.14. The average Bonchev–Trinajstić information content (AvgIpc) is 2.93. The number of aryl methyl sites for hydroxylation is 1. The van der Waals surface area contributed by atoms with Crippen molar-refractivity contribution in [3.8, 4) is 17.6 Å². The number of hydrogen-bond acceptors (Lipinski definition) is 8. The Kier molecular flexibility index (Phi) is 10.0. The molecular formula is C27H28ClN7O3. The van der Waals surface area contributed by atoms with Crippen LogP contribution in [-0.2, 0) is 11.2 Å². The summed E-state index contributed by atoms with van der Waals surface area (Å²) in [6.07, 6.45) is 3.54. The predicted molar refractivity (Wildman–Crippen MR) is 144 cm³/mol. The Morgan fingerprint density at radius 1 is 1.13 bits per heavy atom. The molecule has 1 aromatic heterocycles. The Morgan fingerprint density at radius 3 is 2.42 bits per heavy atom. The maximum atomic E-state index is 12.4. The van der Waals surface area contributed by atoms with E-state index in [-0.39, 0.29) is 24.5 Å². The summed E-state index contributed by atoms with van der Waals surface area (Å²) in [6.45, 7) is 2.36. The van der Waals surface area contributed by atoms with Gasteiger partial charge in [0.1, 0.15) is 28.9 Å². The first-order valence-corrected chi connectivity index (χ1v) is 12.1. The zero-order valence-electron chi connectivity index (χ0n) is 20.7. The van der Waals surface area contributed by atoms with Gasteiger partial charge in [-0.1, -0.05) is 42.8 Å². The molecule has 196 valence electrons. The number of nitrogens with two attached hydrogens (primary N) is 2. The lowest BCUT2D eigenvalue weighted by molar-refractivity contribution is -0.118. The first kappa shape index (κ1) is 28.0. The van der Waals surface area contributed by atoms with Crippen molar-refractivity contribution in [3.05, 3.63) is 101 Å². The van der Waals surface area contributed by atoms with E-state index in [0.29, 0.717) is 22.1 Å². The number of nitrogens with one attached hydrogen (secondary N) is 2. The molecule has 0 radical (unpaired) electrons. The number of amides is 2. The van der Waals surface area contributed by atoms with E-state index in [1.165, 1.54) is 23.5 Å². The van der Waals surface area contributed by atoms with Crippen molar-refractivity contribution in [1.82, 2.24) is 20.6 Å². The van der Waals surface area contributed by atoms with Crippen molar-refractivity contribution < 1.29 is 14.3 Å². The number of carbonyl (C=O) groups excluding carboxylic acids is 2. The normalized spacial score (nSPS) is 11.7. The van der Waals surface area contributed by atoms with Crippen LogP contribution in [0.2, 0.25) is 5.02 Å². The third kappa shape index (κ3) is 8.23. The minimum absolute atomic E-state index is 0.163. The monoisotopic (exact) mass is 533 g/mol. The van der Waals surface area contributed by atoms with Gasteiger partial charge in [-0.05, 0) is 53.9 Å². The summed E-state index contributed by atoms with van der Waals surface area (Å²) >= 11 is 5.86. The molecule has 0 fully saturated rings. The van der Waals surface area contributed by atoms with Crippen molar-refractivity contribution in [1.29, 1.82) is 5.26 Å². The van der Waals surface area contributed by atoms with E-state index in [9.17, 15) is 14.9 Å². The molecule has 6 N–H and O–H groups in total. The molecule has 0 spiro atoms. The Hall–Kier alpha value is -4.59. The topological polar surface area (TPSA) is 159 Å². The number of hydrazine groups is 1. The molecule has 0 saturated carbocycles. The molecule has 0 aliphatic carbocycles. The highest BCUT2D eigenvalue weighted by molar-refractivity contribution is 6.30. The van der Waals surface area contributed by atoms with Crippen LogP contribution in [0.25, 0.3) is 0 Å². The van der Waals surface area contributed by atoms with Gasteiger partial charge in [0.2, 0.25) is 0 Å². The molecule has 0 aliphatic heterocycles. The fraction of sp³-hybridized carbons (Fsp3) is 0.185. The minimum atomic E-state index is -0.860. The van der Waals surface area contributed by atoms with Gasteiger partial charge in [-0.15, -0.1) is 0 Å². The number of benzene rings is 2. The molecule has 0 aliphatic rings. The molecule has 2 amide bonds. The standard InChI is InChI=1S/C27H28ClN7O3/c1-2-18-3-5-19(6-4-18)25(15-29)34-26(36)23(30)17-35(31)14-13-32-27(37)24-12-11-22(16-33-24)38-21-9-7-20(28)8-10-21/h3-12,16-17,25H,2,13-14,30-31H2,1H3,(H,32,37)(H,34,36)/b23-17-. The molecule has 3 rings (SSSR count). The molecule has 1 unspecified atom stereocenters. The Bertz CT molecular complexity index is 1300. The van der Waals surface area contributed by atoms with Crippen LogP contribution in [0.5, 0.6) is 11.5 Å². The molecular weight excluding hydrogens is 506 g/mol. The SMILES string of the molecule is CCc1ccc(C(C#N)NC(=O)/C(N)=C/N(N)CCNC(=O)c2ccc(Oc3ccc(Cl)cc3)cn2)cc1. The quantitative estimate of drug-likeness (QED) is 0.166. The smallest absolute Gasteiger partial charge is 0.270 e. The first-order chi connectivity index (χ1) is 18.3. The molecule has 2 aromatic carbocycles. The van der Waals surface area contributed by atoms with E-state index < -0.39 is 17.9 Å². The number of pyridine rings is 1. The van der Waals surface area contributed by atoms with Crippen molar-refractivity contribution in [3.63, 3.8) is 0 Å². The second kappa shape index (κ2) is 13.6. The summed E-state index contributed by atoms with van der Waals surface area (Å²) < 4.78 is 5.66. The summed E-state index contributed by atoms with van der Waals surface area (Å²) in [5, 5.41) is 16.5. The zero-order chi connectivity index (χ0) is 27.5. The number of ether oxygens (including phenoxy) is 1. The van der Waals surface area contributed by atoms with E-state index in [2.05, 4.69) is 15.6 Å². The molecule has 10 nitrogen and oxygen atoms in total. The fourth-order valence-corrected chi connectivity index (χ4v) is 3.38. The van der Waals surface area contributed by atoms with Crippen molar-refractivity contribution in [2.24, 2.45) is 11.6 Å². The number of hydrogen-bond donors (Lipinski definition) is 4. The highest BCUT2D eigenvalue weighted by Crippen LogP contribution is 2.22. The number of carbonyl (C=O) groups is 2. The fourth-order valence-electron chi connectivity index (χ4n) is 3.25.